The van der Waals surface area contributed by atoms with Crippen molar-refractivity contribution in [3.05, 3.63) is 24.3 Å². The lowest BCUT2D eigenvalue weighted by Crippen LogP contribution is -2.24. The first-order chi connectivity index (χ1) is 11.1. The Morgan fingerprint density at radius 1 is 1.12 bits per heavy atom. The van der Waals surface area contributed by atoms with E-state index in [2.05, 4.69) is 20.8 Å². The van der Waals surface area contributed by atoms with E-state index >= 15 is 0 Å². The highest BCUT2D eigenvalue weighted by Gasteiger charge is 2.17. The standard InChI is InChI=1S/C19H32O4S/c1-6-23-19(3,4)14-7-8-16(2)13-15-22-17-9-11-18(12-10-17)24(5,20)21/h9-12,16H,6-8,13-15H2,1-5H3. The Morgan fingerprint density at radius 3 is 2.29 bits per heavy atom. The van der Waals surface area contributed by atoms with Crippen molar-refractivity contribution in [1.29, 1.82) is 0 Å². The summed E-state index contributed by atoms with van der Waals surface area (Å²) in [7, 11) is -3.15. The van der Waals surface area contributed by atoms with Crippen LogP contribution in [-0.4, -0.2) is 33.5 Å². The lowest BCUT2D eigenvalue weighted by molar-refractivity contribution is -0.0183. The molecule has 0 radical (unpaired) electrons. The van der Waals surface area contributed by atoms with E-state index in [4.69, 9.17) is 9.47 Å². The molecule has 1 aromatic carbocycles. The van der Waals surface area contributed by atoms with Gasteiger partial charge in [0.05, 0.1) is 17.1 Å². The Hall–Kier alpha value is -1.07. The van der Waals surface area contributed by atoms with Gasteiger partial charge in [-0.25, -0.2) is 8.42 Å². The Bertz CT molecular complexity index is 576. The third kappa shape index (κ3) is 8.15. The Kier molecular flexibility index (Phi) is 8.23. The molecule has 0 aliphatic rings. The maximum atomic E-state index is 11.4. The molecular formula is C19H32O4S. The Morgan fingerprint density at radius 2 is 1.75 bits per heavy atom. The maximum absolute atomic E-state index is 11.4. The molecule has 0 fully saturated rings. The van der Waals surface area contributed by atoms with E-state index in [1.807, 2.05) is 6.92 Å². The number of rotatable bonds is 11. The molecule has 138 valence electrons. The zero-order valence-corrected chi connectivity index (χ0v) is 16.5. The van der Waals surface area contributed by atoms with Crippen molar-refractivity contribution in [3.63, 3.8) is 0 Å². The highest BCUT2D eigenvalue weighted by atomic mass is 32.2. The fourth-order valence-electron chi connectivity index (χ4n) is 2.64. The number of benzene rings is 1. The average Bonchev–Trinajstić information content (AvgIpc) is 2.46. The summed E-state index contributed by atoms with van der Waals surface area (Å²) in [5, 5.41) is 0. The van der Waals surface area contributed by atoms with Crippen LogP contribution in [0.3, 0.4) is 0 Å². The molecule has 0 amide bonds. The molecule has 0 bridgehead atoms. The molecule has 1 rings (SSSR count). The molecule has 0 aliphatic heterocycles. The van der Waals surface area contributed by atoms with Crippen molar-refractivity contribution in [1.82, 2.24) is 0 Å². The summed E-state index contributed by atoms with van der Waals surface area (Å²) in [6.07, 6.45) is 5.57. The lowest BCUT2D eigenvalue weighted by atomic mass is 9.95. The summed E-state index contributed by atoms with van der Waals surface area (Å²) < 4.78 is 34.2. The molecule has 0 spiro atoms. The van der Waals surface area contributed by atoms with Gasteiger partial charge in [-0.3, -0.25) is 0 Å². The van der Waals surface area contributed by atoms with E-state index in [1.54, 1.807) is 24.3 Å². The van der Waals surface area contributed by atoms with Gasteiger partial charge >= 0.3 is 0 Å². The second-order valence-electron chi connectivity index (χ2n) is 7.07. The predicted octanol–water partition coefficient (Wildman–Crippen LogP) is 4.48. The van der Waals surface area contributed by atoms with Crippen molar-refractivity contribution in [2.75, 3.05) is 19.5 Å². The molecule has 1 atom stereocenters. The van der Waals surface area contributed by atoms with E-state index < -0.39 is 9.84 Å². The number of hydrogen-bond acceptors (Lipinski definition) is 4. The van der Waals surface area contributed by atoms with Crippen LogP contribution in [0.5, 0.6) is 5.75 Å². The van der Waals surface area contributed by atoms with Crippen molar-refractivity contribution in [2.45, 2.75) is 63.9 Å². The topological polar surface area (TPSA) is 52.6 Å². The van der Waals surface area contributed by atoms with E-state index in [1.165, 1.54) is 6.26 Å². The van der Waals surface area contributed by atoms with Crippen LogP contribution >= 0.6 is 0 Å². The molecule has 0 saturated carbocycles. The van der Waals surface area contributed by atoms with Gasteiger partial charge in [-0.05, 0) is 63.8 Å². The first-order valence-electron chi connectivity index (χ1n) is 8.71. The first kappa shape index (κ1) is 21.0. The highest BCUT2D eigenvalue weighted by molar-refractivity contribution is 7.90. The third-order valence-corrected chi connectivity index (χ3v) is 5.27. The molecular weight excluding hydrogens is 324 g/mol. The largest absolute Gasteiger partial charge is 0.494 e. The van der Waals surface area contributed by atoms with E-state index in [9.17, 15) is 8.42 Å². The molecule has 0 N–H and O–H groups in total. The van der Waals surface area contributed by atoms with Gasteiger partial charge in [-0.1, -0.05) is 19.8 Å². The highest BCUT2D eigenvalue weighted by Crippen LogP contribution is 2.22. The first-order valence-corrected chi connectivity index (χ1v) is 10.6. The smallest absolute Gasteiger partial charge is 0.175 e. The minimum Gasteiger partial charge on any atom is -0.494 e. The zero-order valence-electron chi connectivity index (χ0n) is 15.7. The van der Waals surface area contributed by atoms with Gasteiger partial charge in [0.25, 0.3) is 0 Å². The number of sulfone groups is 1. The molecule has 0 saturated heterocycles. The van der Waals surface area contributed by atoms with Gasteiger partial charge in [-0.15, -0.1) is 0 Å². The van der Waals surface area contributed by atoms with Crippen molar-refractivity contribution in [3.8, 4) is 5.75 Å². The minimum absolute atomic E-state index is 0.0354. The van der Waals surface area contributed by atoms with Crippen LogP contribution in [0.4, 0.5) is 0 Å². The van der Waals surface area contributed by atoms with Crippen LogP contribution < -0.4 is 4.74 Å². The van der Waals surface area contributed by atoms with Gasteiger partial charge in [0.1, 0.15) is 5.75 Å². The van der Waals surface area contributed by atoms with Gasteiger partial charge in [0.2, 0.25) is 0 Å². The Labute approximate surface area is 147 Å². The van der Waals surface area contributed by atoms with Crippen LogP contribution in [0.2, 0.25) is 0 Å². The summed E-state index contributed by atoms with van der Waals surface area (Å²) in [6.45, 7) is 9.96. The fourth-order valence-corrected chi connectivity index (χ4v) is 3.27. The van der Waals surface area contributed by atoms with E-state index in [-0.39, 0.29) is 5.60 Å². The average molecular weight is 357 g/mol. The van der Waals surface area contributed by atoms with Crippen LogP contribution in [0.1, 0.15) is 53.4 Å². The predicted molar refractivity (Wildman–Crippen MR) is 98.4 cm³/mol. The Balaban J connectivity index is 2.27. The van der Waals surface area contributed by atoms with E-state index in [0.29, 0.717) is 23.2 Å². The fraction of sp³-hybridized carbons (Fsp3) is 0.684. The molecule has 5 heteroatoms. The maximum Gasteiger partial charge on any atom is 0.175 e. The zero-order chi connectivity index (χ0) is 18.2. The minimum atomic E-state index is -3.15. The van der Waals surface area contributed by atoms with Gasteiger partial charge in [0.15, 0.2) is 9.84 Å². The molecule has 24 heavy (non-hydrogen) atoms. The molecule has 4 nitrogen and oxygen atoms in total. The molecule has 1 unspecified atom stereocenters. The summed E-state index contributed by atoms with van der Waals surface area (Å²) in [5.41, 5.74) is -0.0354. The lowest BCUT2D eigenvalue weighted by Gasteiger charge is -2.25. The molecule has 0 aliphatic carbocycles. The summed E-state index contributed by atoms with van der Waals surface area (Å²) in [5.74, 6) is 1.31. The van der Waals surface area contributed by atoms with Crippen molar-refractivity contribution in [2.24, 2.45) is 5.92 Å². The van der Waals surface area contributed by atoms with E-state index in [0.717, 1.165) is 32.3 Å². The van der Waals surface area contributed by atoms with Crippen molar-refractivity contribution < 1.29 is 17.9 Å². The van der Waals surface area contributed by atoms with Crippen LogP contribution in [-0.2, 0) is 14.6 Å². The summed E-state index contributed by atoms with van der Waals surface area (Å²) >= 11 is 0. The molecule has 0 heterocycles. The second kappa shape index (κ2) is 9.42. The monoisotopic (exact) mass is 356 g/mol. The van der Waals surface area contributed by atoms with Gasteiger partial charge in [-0.2, -0.15) is 0 Å². The molecule has 1 aromatic rings. The number of ether oxygens (including phenoxy) is 2. The summed E-state index contributed by atoms with van der Waals surface area (Å²) in [4.78, 5) is 0.320. The SMILES string of the molecule is CCOC(C)(C)CCCC(C)CCOc1ccc(S(C)(=O)=O)cc1. The van der Waals surface area contributed by atoms with Gasteiger partial charge < -0.3 is 9.47 Å². The quantitative estimate of drug-likeness (QED) is 0.586. The number of hydrogen-bond donors (Lipinski definition) is 0. The van der Waals surface area contributed by atoms with Crippen LogP contribution in [0.15, 0.2) is 29.2 Å². The normalized spacial score (nSPS) is 13.7. The third-order valence-electron chi connectivity index (χ3n) is 4.14. The van der Waals surface area contributed by atoms with Crippen LogP contribution in [0, 0.1) is 5.92 Å². The molecule has 0 aromatic heterocycles. The van der Waals surface area contributed by atoms with Gasteiger partial charge in [0, 0.05) is 12.9 Å². The van der Waals surface area contributed by atoms with Crippen LogP contribution in [0.25, 0.3) is 0 Å². The second-order valence-corrected chi connectivity index (χ2v) is 9.09. The summed E-state index contributed by atoms with van der Waals surface area (Å²) in [6, 6.07) is 6.60. The van der Waals surface area contributed by atoms with Crippen molar-refractivity contribution >= 4 is 9.84 Å².